The molecule has 0 amide bonds. The Morgan fingerprint density at radius 3 is 2.54 bits per heavy atom. The molecule has 2 bridgehead atoms. The van der Waals surface area contributed by atoms with Crippen LogP contribution < -0.4 is 0 Å². The molecule has 2 rings (SSSR count). The number of esters is 1. The molecule has 0 aliphatic carbocycles. The number of rotatable bonds is 2. The number of carbonyl (C=O) groups is 1. The summed E-state index contributed by atoms with van der Waals surface area (Å²) in [6, 6.07) is 0. The van der Waals surface area contributed by atoms with Crippen molar-refractivity contribution in [3.63, 3.8) is 0 Å². The van der Waals surface area contributed by atoms with Gasteiger partial charge in [-0.25, -0.2) is 0 Å². The van der Waals surface area contributed by atoms with Crippen LogP contribution in [0.4, 0.5) is 0 Å². The highest BCUT2D eigenvalue weighted by Gasteiger charge is 2.49. The van der Waals surface area contributed by atoms with Crippen molar-refractivity contribution in [2.24, 2.45) is 5.92 Å². The molecule has 0 spiro atoms. The maximum Gasteiger partial charge on any atom is 0.303 e. The van der Waals surface area contributed by atoms with Crippen LogP contribution in [0, 0.1) is 5.92 Å². The van der Waals surface area contributed by atoms with Crippen LogP contribution in [0.5, 0.6) is 0 Å². The Balaban J connectivity index is 2.33. The van der Waals surface area contributed by atoms with E-state index in [-0.39, 0.29) is 18.2 Å². The van der Waals surface area contributed by atoms with Gasteiger partial charge in [0.25, 0.3) is 0 Å². The van der Waals surface area contributed by atoms with E-state index in [1.54, 1.807) is 0 Å². The molecule has 2 aliphatic heterocycles. The third-order valence-corrected chi connectivity index (χ3v) is 6.04. The fourth-order valence-electron chi connectivity index (χ4n) is 4.04. The summed E-state index contributed by atoms with van der Waals surface area (Å²) >= 11 is 0. The molecule has 1 fully saturated rings. The molecule has 0 aromatic heterocycles. The van der Waals surface area contributed by atoms with Crippen molar-refractivity contribution in [3.05, 3.63) is 23.3 Å². The summed E-state index contributed by atoms with van der Waals surface area (Å²) in [4.78, 5) is 11.6. The quantitative estimate of drug-likeness (QED) is 0.721. The molecule has 0 saturated carbocycles. The van der Waals surface area contributed by atoms with Crippen molar-refractivity contribution in [1.82, 2.24) is 0 Å². The van der Waals surface area contributed by atoms with E-state index in [9.17, 15) is 9.90 Å². The van der Waals surface area contributed by atoms with Crippen molar-refractivity contribution in [2.75, 3.05) is 0 Å². The zero-order valence-electron chi connectivity index (χ0n) is 17.3. The highest BCUT2D eigenvalue weighted by atomic mass is 16.6. The predicted octanol–water partition coefficient (Wildman–Crippen LogP) is 4.71. The van der Waals surface area contributed by atoms with Crippen LogP contribution in [-0.2, 0) is 14.3 Å². The second-order valence-corrected chi connectivity index (χ2v) is 8.86. The lowest BCUT2D eigenvalue weighted by molar-refractivity contribution is -0.183. The van der Waals surface area contributed by atoms with Crippen LogP contribution in [0.3, 0.4) is 0 Å². The maximum atomic E-state index is 11.6. The van der Waals surface area contributed by atoms with Crippen LogP contribution in [-0.4, -0.2) is 34.5 Å². The number of hydrogen-bond acceptors (Lipinski definition) is 4. The van der Waals surface area contributed by atoms with Gasteiger partial charge in [0, 0.05) is 6.92 Å². The van der Waals surface area contributed by atoms with Crippen molar-refractivity contribution in [1.29, 1.82) is 0 Å². The summed E-state index contributed by atoms with van der Waals surface area (Å²) in [5, 5.41) is 11.1. The Bertz CT molecular complexity index is 573. The first-order valence-corrected chi connectivity index (χ1v) is 9.97. The number of aliphatic hydroxyl groups is 1. The van der Waals surface area contributed by atoms with E-state index in [0.717, 1.165) is 32.1 Å². The van der Waals surface area contributed by atoms with E-state index in [0.29, 0.717) is 12.3 Å². The van der Waals surface area contributed by atoms with Gasteiger partial charge in [-0.05, 0) is 65.2 Å². The number of carbonyl (C=O) groups excluding carboxylic acids is 1. The molecule has 4 heteroatoms. The second-order valence-electron chi connectivity index (χ2n) is 8.86. The van der Waals surface area contributed by atoms with E-state index in [2.05, 4.69) is 32.9 Å². The number of allylic oxidation sites excluding steroid dienone is 4. The highest BCUT2D eigenvalue weighted by molar-refractivity contribution is 5.66. The summed E-state index contributed by atoms with van der Waals surface area (Å²) < 4.78 is 12.0. The van der Waals surface area contributed by atoms with Gasteiger partial charge in [0.1, 0.15) is 11.7 Å². The molecule has 4 atom stereocenters. The van der Waals surface area contributed by atoms with Gasteiger partial charge < -0.3 is 14.6 Å². The van der Waals surface area contributed by atoms with E-state index >= 15 is 0 Å². The van der Waals surface area contributed by atoms with Crippen LogP contribution in [0.2, 0.25) is 0 Å². The average molecular weight is 365 g/mol. The molecule has 26 heavy (non-hydrogen) atoms. The lowest BCUT2D eigenvalue weighted by atomic mass is 9.85. The first-order valence-electron chi connectivity index (χ1n) is 9.97. The number of hydrogen-bond donors (Lipinski definition) is 1. The SMILES string of the molecule is CC(=O)OC1CCC(C)=CC=C(C(C)C)CCC(C)(O)C2CCC1(C)O2. The van der Waals surface area contributed by atoms with Crippen LogP contribution in [0.1, 0.15) is 80.1 Å². The van der Waals surface area contributed by atoms with Crippen molar-refractivity contribution < 1.29 is 19.4 Å². The molecule has 1 saturated heterocycles. The number of fused-ring (bicyclic) bond motifs is 2. The Morgan fingerprint density at radius 1 is 1.23 bits per heavy atom. The van der Waals surface area contributed by atoms with Gasteiger partial charge in [0.2, 0.25) is 0 Å². The topological polar surface area (TPSA) is 55.8 Å². The standard InChI is InChI=1S/C22H36O4/c1-15(2)18-9-7-16(3)8-10-20(25-17(4)23)22(6)14-12-19(26-22)21(5,24)13-11-18/h7,9,15,19-20,24H,8,10-14H2,1-6H3. The molecule has 0 aromatic carbocycles. The molecule has 0 aromatic rings. The van der Waals surface area contributed by atoms with E-state index in [1.807, 2.05) is 13.8 Å². The third-order valence-electron chi connectivity index (χ3n) is 6.04. The maximum absolute atomic E-state index is 11.6. The summed E-state index contributed by atoms with van der Waals surface area (Å²) in [6.07, 6.45) is 8.56. The average Bonchev–Trinajstić information content (AvgIpc) is 2.94. The molecule has 4 nitrogen and oxygen atoms in total. The van der Waals surface area contributed by atoms with E-state index in [1.165, 1.54) is 18.1 Å². The largest absolute Gasteiger partial charge is 0.459 e. The summed E-state index contributed by atoms with van der Waals surface area (Å²) in [7, 11) is 0. The molecule has 1 N–H and O–H groups in total. The summed E-state index contributed by atoms with van der Waals surface area (Å²) in [6.45, 7) is 11.9. The molecule has 2 aliphatic rings. The monoisotopic (exact) mass is 364 g/mol. The minimum atomic E-state index is -0.890. The molecular formula is C22H36O4. The molecular weight excluding hydrogens is 328 g/mol. The first kappa shape index (κ1) is 21.2. The van der Waals surface area contributed by atoms with Gasteiger partial charge in [-0.3, -0.25) is 4.79 Å². The fourth-order valence-corrected chi connectivity index (χ4v) is 4.04. The molecule has 4 unspecified atom stereocenters. The minimum absolute atomic E-state index is 0.228. The van der Waals surface area contributed by atoms with Crippen LogP contribution >= 0.6 is 0 Å². The van der Waals surface area contributed by atoms with E-state index in [4.69, 9.17) is 9.47 Å². The smallest absolute Gasteiger partial charge is 0.303 e. The molecule has 148 valence electrons. The van der Waals surface area contributed by atoms with Crippen molar-refractivity contribution in [3.8, 4) is 0 Å². The lowest BCUT2D eigenvalue weighted by Gasteiger charge is -2.36. The lowest BCUT2D eigenvalue weighted by Crippen LogP contribution is -2.46. The van der Waals surface area contributed by atoms with Gasteiger partial charge in [-0.15, -0.1) is 0 Å². The highest BCUT2D eigenvalue weighted by Crippen LogP contribution is 2.42. The zero-order valence-corrected chi connectivity index (χ0v) is 17.3. The summed E-state index contributed by atoms with van der Waals surface area (Å²) in [5.41, 5.74) is 1.19. The van der Waals surface area contributed by atoms with Crippen LogP contribution in [0.15, 0.2) is 23.3 Å². The van der Waals surface area contributed by atoms with E-state index < -0.39 is 11.2 Å². The normalized spacial score (nSPS) is 36.5. The molecule has 0 radical (unpaired) electrons. The van der Waals surface area contributed by atoms with Gasteiger partial charge in [-0.2, -0.15) is 0 Å². The van der Waals surface area contributed by atoms with Gasteiger partial charge in [0.05, 0.1) is 11.7 Å². The van der Waals surface area contributed by atoms with Crippen molar-refractivity contribution >= 4 is 5.97 Å². The summed E-state index contributed by atoms with van der Waals surface area (Å²) in [5.74, 6) is 0.173. The van der Waals surface area contributed by atoms with Crippen LogP contribution in [0.25, 0.3) is 0 Å². The minimum Gasteiger partial charge on any atom is -0.459 e. The Morgan fingerprint density at radius 2 is 1.92 bits per heavy atom. The zero-order chi connectivity index (χ0) is 19.5. The first-order chi connectivity index (χ1) is 12.0. The Hall–Kier alpha value is -1.13. The third kappa shape index (κ3) is 5.20. The van der Waals surface area contributed by atoms with Gasteiger partial charge in [0.15, 0.2) is 0 Å². The number of ether oxygens (including phenoxy) is 2. The fraction of sp³-hybridized carbons (Fsp3) is 0.773. The molecule has 2 heterocycles. The van der Waals surface area contributed by atoms with Gasteiger partial charge >= 0.3 is 5.97 Å². The van der Waals surface area contributed by atoms with Gasteiger partial charge in [-0.1, -0.05) is 37.1 Å². The predicted molar refractivity (Wildman–Crippen MR) is 104 cm³/mol. The Labute approximate surface area is 158 Å². The Kier molecular flexibility index (Phi) is 6.73. The van der Waals surface area contributed by atoms with Crippen molar-refractivity contribution in [2.45, 2.75) is 103 Å². The second kappa shape index (κ2) is 8.26.